The Morgan fingerprint density at radius 2 is 1.77 bits per heavy atom. The molecule has 6 atom stereocenters. The molecular formula is C20H26O10. The lowest BCUT2D eigenvalue weighted by atomic mass is 9.92. The number of benzene rings is 1. The molecule has 0 bridgehead atoms. The van der Waals surface area contributed by atoms with Gasteiger partial charge in [0.2, 0.25) is 0 Å². The minimum absolute atomic E-state index is 0.130. The van der Waals surface area contributed by atoms with E-state index >= 15 is 0 Å². The molecule has 0 radical (unpaired) electrons. The van der Waals surface area contributed by atoms with Gasteiger partial charge in [-0.05, 0) is 32.0 Å². The molecule has 10 heteroatoms. The van der Waals surface area contributed by atoms with Crippen molar-refractivity contribution in [2.45, 2.75) is 62.7 Å². The van der Waals surface area contributed by atoms with Gasteiger partial charge in [0.05, 0.1) is 18.3 Å². The highest BCUT2D eigenvalue weighted by atomic mass is 16.7. The fourth-order valence-electron chi connectivity index (χ4n) is 3.36. The molecule has 2 aromatic rings. The number of ether oxygens (including phenoxy) is 2. The lowest BCUT2D eigenvalue weighted by Gasteiger charge is -2.43. The third-order valence-corrected chi connectivity index (χ3v) is 5.34. The van der Waals surface area contributed by atoms with Crippen LogP contribution < -0.4 is 5.63 Å². The van der Waals surface area contributed by atoms with Crippen LogP contribution >= 0.6 is 0 Å². The summed E-state index contributed by atoms with van der Waals surface area (Å²) in [6.45, 7) is 2.38. The van der Waals surface area contributed by atoms with Gasteiger partial charge >= 0.3 is 5.63 Å². The van der Waals surface area contributed by atoms with E-state index in [-0.39, 0.29) is 23.3 Å². The molecule has 1 saturated heterocycles. The topological polar surface area (TPSA) is 170 Å². The summed E-state index contributed by atoms with van der Waals surface area (Å²) in [6, 6.07) is 5.76. The Hall–Kier alpha value is -2.05. The van der Waals surface area contributed by atoms with Crippen LogP contribution in [0.15, 0.2) is 33.5 Å². The molecule has 1 aromatic heterocycles. The molecule has 30 heavy (non-hydrogen) atoms. The van der Waals surface area contributed by atoms with E-state index in [1.54, 1.807) is 6.07 Å². The summed E-state index contributed by atoms with van der Waals surface area (Å²) in [5.41, 5.74) is -1.66. The van der Waals surface area contributed by atoms with E-state index in [9.17, 15) is 35.4 Å². The molecule has 3 rings (SSSR count). The molecule has 0 spiro atoms. The van der Waals surface area contributed by atoms with Gasteiger partial charge in [-0.2, -0.15) is 0 Å². The van der Waals surface area contributed by atoms with Gasteiger partial charge in [-0.25, -0.2) is 4.79 Å². The Kier molecular flexibility index (Phi) is 6.48. The van der Waals surface area contributed by atoms with Crippen molar-refractivity contribution in [3.05, 3.63) is 40.2 Å². The zero-order valence-corrected chi connectivity index (χ0v) is 16.5. The number of hydrogen-bond donors (Lipinski definition) is 6. The first-order chi connectivity index (χ1) is 14.0. The fourth-order valence-corrected chi connectivity index (χ4v) is 3.36. The van der Waals surface area contributed by atoms with Crippen molar-refractivity contribution < 1.29 is 44.5 Å². The van der Waals surface area contributed by atoms with Crippen molar-refractivity contribution in [3.8, 4) is 5.75 Å². The van der Waals surface area contributed by atoms with Crippen LogP contribution in [0.4, 0.5) is 0 Å². The SMILES string of the molecule is CC(C)(OC1OC(CO)C(O)C(O)C1O)C(O)Cc1c(O)ccc2ccc(=O)oc12. The lowest BCUT2D eigenvalue weighted by Crippen LogP contribution is -2.61. The maximum absolute atomic E-state index is 11.6. The molecule has 6 unspecified atom stereocenters. The van der Waals surface area contributed by atoms with E-state index in [4.69, 9.17) is 13.9 Å². The number of fused-ring (bicyclic) bond motifs is 1. The first-order valence-corrected chi connectivity index (χ1v) is 9.46. The number of aliphatic hydroxyl groups excluding tert-OH is 5. The Bertz CT molecular complexity index is 937. The van der Waals surface area contributed by atoms with Crippen molar-refractivity contribution in [2.24, 2.45) is 0 Å². The van der Waals surface area contributed by atoms with Crippen LogP contribution in [0.2, 0.25) is 0 Å². The molecule has 1 aromatic carbocycles. The predicted octanol–water partition coefficient (Wildman–Crippen LogP) is -1.00. The quantitative estimate of drug-likeness (QED) is 0.315. The molecule has 1 fully saturated rings. The van der Waals surface area contributed by atoms with E-state index in [2.05, 4.69) is 0 Å². The Labute approximate surface area is 171 Å². The van der Waals surface area contributed by atoms with Gasteiger partial charge in [-0.15, -0.1) is 0 Å². The van der Waals surface area contributed by atoms with Crippen molar-refractivity contribution in [1.82, 2.24) is 0 Å². The van der Waals surface area contributed by atoms with Gasteiger partial charge in [0.25, 0.3) is 0 Å². The smallest absolute Gasteiger partial charge is 0.336 e. The van der Waals surface area contributed by atoms with Crippen LogP contribution in [0.3, 0.4) is 0 Å². The highest BCUT2D eigenvalue weighted by molar-refractivity contribution is 5.82. The zero-order valence-electron chi connectivity index (χ0n) is 16.5. The summed E-state index contributed by atoms with van der Waals surface area (Å²) in [6.07, 6.45) is -8.81. The highest BCUT2D eigenvalue weighted by Gasteiger charge is 2.47. The molecule has 0 amide bonds. The number of aromatic hydroxyl groups is 1. The van der Waals surface area contributed by atoms with E-state index in [1.807, 2.05) is 0 Å². The summed E-state index contributed by atoms with van der Waals surface area (Å²) in [5, 5.41) is 60.8. The van der Waals surface area contributed by atoms with Crippen molar-refractivity contribution >= 4 is 11.0 Å². The Morgan fingerprint density at radius 3 is 2.43 bits per heavy atom. The summed E-state index contributed by atoms with van der Waals surface area (Å²) < 4.78 is 16.2. The standard InChI is InChI=1S/C20H26O10/c1-20(2,30-19-17(27)16(26)15(25)12(8-21)28-19)13(23)7-10-11(22)5-3-9-4-6-14(24)29-18(9)10/h3-6,12-13,15-17,19,21-23,25-27H,7-8H2,1-2H3. The molecular weight excluding hydrogens is 400 g/mol. The van der Waals surface area contributed by atoms with Crippen molar-refractivity contribution in [1.29, 1.82) is 0 Å². The normalized spacial score (nSPS) is 28.6. The number of phenols is 1. The third-order valence-electron chi connectivity index (χ3n) is 5.34. The molecule has 166 valence electrons. The fraction of sp³-hybridized carbons (Fsp3) is 0.550. The highest BCUT2D eigenvalue weighted by Crippen LogP contribution is 2.32. The minimum atomic E-state index is -1.63. The Balaban J connectivity index is 1.82. The van der Waals surface area contributed by atoms with E-state index in [1.165, 1.54) is 32.0 Å². The summed E-state index contributed by atoms with van der Waals surface area (Å²) in [5.74, 6) is -0.181. The van der Waals surface area contributed by atoms with Crippen molar-refractivity contribution in [2.75, 3.05) is 6.61 Å². The summed E-state index contributed by atoms with van der Waals surface area (Å²) >= 11 is 0. The average molecular weight is 426 g/mol. The maximum Gasteiger partial charge on any atom is 0.336 e. The van der Waals surface area contributed by atoms with Gasteiger partial charge in [0.15, 0.2) is 6.29 Å². The van der Waals surface area contributed by atoms with Crippen LogP contribution in [0.5, 0.6) is 5.75 Å². The van der Waals surface area contributed by atoms with E-state index in [0.717, 1.165) is 0 Å². The zero-order chi connectivity index (χ0) is 22.2. The average Bonchev–Trinajstić information content (AvgIpc) is 2.70. The molecule has 10 nitrogen and oxygen atoms in total. The van der Waals surface area contributed by atoms with Gasteiger partial charge < -0.3 is 44.5 Å². The molecule has 1 aliphatic heterocycles. The summed E-state index contributed by atoms with van der Waals surface area (Å²) in [7, 11) is 0. The lowest BCUT2D eigenvalue weighted by molar-refractivity contribution is -0.331. The van der Waals surface area contributed by atoms with Gasteiger partial charge in [0, 0.05) is 23.4 Å². The second-order valence-corrected chi connectivity index (χ2v) is 7.87. The predicted molar refractivity (Wildman–Crippen MR) is 103 cm³/mol. The number of rotatable bonds is 6. The minimum Gasteiger partial charge on any atom is -0.508 e. The third kappa shape index (κ3) is 4.35. The maximum atomic E-state index is 11.6. The molecule has 0 saturated carbocycles. The van der Waals surface area contributed by atoms with Crippen LogP contribution in [0.1, 0.15) is 19.4 Å². The van der Waals surface area contributed by atoms with Gasteiger partial charge in [-0.1, -0.05) is 0 Å². The molecule has 6 N–H and O–H groups in total. The van der Waals surface area contributed by atoms with Crippen molar-refractivity contribution in [3.63, 3.8) is 0 Å². The first kappa shape index (κ1) is 22.6. The Morgan fingerprint density at radius 1 is 1.10 bits per heavy atom. The number of phenolic OH excluding ortho intramolecular Hbond substituents is 1. The summed E-state index contributed by atoms with van der Waals surface area (Å²) in [4.78, 5) is 11.6. The molecule has 0 aliphatic carbocycles. The van der Waals surface area contributed by atoms with Crippen LogP contribution in [-0.4, -0.2) is 79.7 Å². The monoisotopic (exact) mass is 426 g/mol. The van der Waals surface area contributed by atoms with Crippen LogP contribution in [0.25, 0.3) is 11.0 Å². The molecule has 1 aliphatic rings. The molecule has 2 heterocycles. The van der Waals surface area contributed by atoms with E-state index < -0.39 is 54.6 Å². The second kappa shape index (κ2) is 8.60. The first-order valence-electron chi connectivity index (χ1n) is 9.46. The van der Waals surface area contributed by atoms with Gasteiger partial charge in [0.1, 0.15) is 35.7 Å². The largest absolute Gasteiger partial charge is 0.508 e. The number of hydrogen-bond acceptors (Lipinski definition) is 10. The second-order valence-electron chi connectivity index (χ2n) is 7.87. The van der Waals surface area contributed by atoms with Gasteiger partial charge in [-0.3, -0.25) is 0 Å². The van der Waals surface area contributed by atoms with E-state index in [0.29, 0.717) is 5.39 Å². The van der Waals surface area contributed by atoms with Crippen LogP contribution in [-0.2, 0) is 15.9 Å². The van der Waals surface area contributed by atoms with Crippen LogP contribution in [0, 0.1) is 0 Å². The number of aliphatic hydroxyl groups is 5.